The van der Waals surface area contributed by atoms with E-state index in [4.69, 9.17) is 5.73 Å². The van der Waals surface area contributed by atoms with Crippen molar-refractivity contribution in [2.45, 2.75) is 58.4 Å². The Kier molecular flexibility index (Phi) is 7.43. The van der Waals surface area contributed by atoms with Gasteiger partial charge in [-0.05, 0) is 31.7 Å². The summed E-state index contributed by atoms with van der Waals surface area (Å²) in [6.07, 6.45) is 6.16. The smallest absolute Gasteiger partial charge is 0.281 e. The Hall–Kier alpha value is -0.170. The van der Waals surface area contributed by atoms with Gasteiger partial charge in [-0.1, -0.05) is 33.1 Å². The molecule has 0 spiro atoms. The molecule has 2 N–H and O–H groups in total. The molecule has 0 radical (unpaired) electrons. The molecule has 1 aliphatic rings. The van der Waals surface area contributed by atoms with E-state index in [1.165, 1.54) is 10.7 Å². The topological polar surface area (TPSA) is 66.6 Å². The molecule has 1 aliphatic carbocycles. The average Bonchev–Trinajstić information content (AvgIpc) is 2.45. The molecule has 0 aromatic rings. The van der Waals surface area contributed by atoms with E-state index in [0.717, 1.165) is 32.1 Å². The molecule has 0 amide bonds. The summed E-state index contributed by atoms with van der Waals surface area (Å²) in [4.78, 5) is 0. The molecule has 2 atom stereocenters. The molecule has 1 fully saturated rings. The predicted molar refractivity (Wildman–Crippen MR) is 83.6 cm³/mol. The Balaban J connectivity index is 2.86. The third-order valence-electron chi connectivity index (χ3n) is 4.37. The standard InChI is InChI=1S/C14H31N3O2S/c1-4-6-11-16(3)20(18,19)17(5-2)14-10-8-7-9-13(14)12-15/h13-14H,4-12,15H2,1-3H3. The van der Waals surface area contributed by atoms with Crippen molar-refractivity contribution in [3.05, 3.63) is 0 Å². The molecule has 6 heteroatoms. The molecular formula is C14H31N3O2S. The maximum atomic E-state index is 12.7. The number of hydrogen-bond donors (Lipinski definition) is 1. The molecule has 0 heterocycles. The monoisotopic (exact) mass is 305 g/mol. The fraction of sp³-hybridized carbons (Fsp3) is 1.00. The molecule has 2 unspecified atom stereocenters. The largest absolute Gasteiger partial charge is 0.330 e. The zero-order valence-electron chi connectivity index (χ0n) is 13.2. The first kappa shape index (κ1) is 17.9. The second-order valence-electron chi connectivity index (χ2n) is 5.73. The minimum absolute atomic E-state index is 0.0767. The quantitative estimate of drug-likeness (QED) is 0.743. The maximum absolute atomic E-state index is 12.7. The van der Waals surface area contributed by atoms with Crippen LogP contribution in [0.5, 0.6) is 0 Å². The van der Waals surface area contributed by atoms with Crippen LogP contribution in [0.1, 0.15) is 52.4 Å². The van der Waals surface area contributed by atoms with Gasteiger partial charge >= 0.3 is 0 Å². The predicted octanol–water partition coefficient (Wildman–Crippen LogP) is 1.80. The van der Waals surface area contributed by atoms with Crippen molar-refractivity contribution in [2.24, 2.45) is 11.7 Å². The summed E-state index contributed by atoms with van der Waals surface area (Å²) in [6.45, 7) is 5.70. The molecule has 1 saturated carbocycles. The average molecular weight is 305 g/mol. The van der Waals surface area contributed by atoms with Gasteiger partial charge < -0.3 is 5.73 Å². The number of nitrogens with zero attached hydrogens (tertiary/aromatic N) is 2. The van der Waals surface area contributed by atoms with Crippen molar-refractivity contribution in [2.75, 3.05) is 26.7 Å². The normalized spacial score (nSPS) is 24.5. The summed E-state index contributed by atoms with van der Waals surface area (Å²) in [6, 6.07) is 0.0767. The number of rotatable bonds is 8. The zero-order valence-corrected chi connectivity index (χ0v) is 14.0. The summed E-state index contributed by atoms with van der Waals surface area (Å²) in [5.41, 5.74) is 5.85. The van der Waals surface area contributed by atoms with Crippen LogP contribution in [0.25, 0.3) is 0 Å². The Morgan fingerprint density at radius 1 is 1.20 bits per heavy atom. The van der Waals surface area contributed by atoms with Crippen LogP contribution in [-0.4, -0.2) is 49.8 Å². The van der Waals surface area contributed by atoms with Crippen LogP contribution in [0.3, 0.4) is 0 Å². The number of unbranched alkanes of at least 4 members (excludes halogenated alkanes) is 1. The highest BCUT2D eigenvalue weighted by atomic mass is 32.2. The SMILES string of the molecule is CCCCN(C)S(=O)(=O)N(CC)C1CCCCC1CN. The van der Waals surface area contributed by atoms with Crippen LogP contribution in [0, 0.1) is 5.92 Å². The number of hydrogen-bond acceptors (Lipinski definition) is 3. The van der Waals surface area contributed by atoms with Crippen molar-refractivity contribution in [3.8, 4) is 0 Å². The highest BCUT2D eigenvalue weighted by Crippen LogP contribution is 2.30. The second kappa shape index (κ2) is 8.32. The van der Waals surface area contributed by atoms with E-state index in [-0.39, 0.29) is 6.04 Å². The lowest BCUT2D eigenvalue weighted by atomic mass is 9.84. The van der Waals surface area contributed by atoms with Crippen molar-refractivity contribution < 1.29 is 8.42 Å². The summed E-state index contributed by atoms with van der Waals surface area (Å²) >= 11 is 0. The Labute approximate surface area is 124 Å². The fourth-order valence-electron chi connectivity index (χ4n) is 3.09. The van der Waals surface area contributed by atoms with E-state index < -0.39 is 10.2 Å². The zero-order chi connectivity index (χ0) is 15.2. The Morgan fingerprint density at radius 2 is 1.85 bits per heavy atom. The molecule has 1 rings (SSSR count). The lowest BCUT2D eigenvalue weighted by molar-refractivity contribution is 0.179. The van der Waals surface area contributed by atoms with E-state index in [2.05, 4.69) is 6.92 Å². The van der Waals surface area contributed by atoms with E-state index >= 15 is 0 Å². The first-order valence-corrected chi connectivity index (χ1v) is 9.31. The van der Waals surface area contributed by atoms with Crippen molar-refractivity contribution in [1.82, 2.24) is 8.61 Å². The molecule has 0 aromatic carbocycles. The van der Waals surface area contributed by atoms with Gasteiger partial charge in [-0.3, -0.25) is 0 Å². The van der Waals surface area contributed by atoms with Gasteiger partial charge in [0.15, 0.2) is 0 Å². The van der Waals surface area contributed by atoms with Gasteiger partial charge in [-0.25, -0.2) is 0 Å². The third kappa shape index (κ3) is 4.16. The van der Waals surface area contributed by atoms with Crippen LogP contribution in [-0.2, 0) is 10.2 Å². The minimum Gasteiger partial charge on any atom is -0.330 e. The molecule has 0 aromatic heterocycles. The number of nitrogens with two attached hydrogens (primary N) is 1. The Morgan fingerprint density at radius 3 is 2.40 bits per heavy atom. The maximum Gasteiger partial charge on any atom is 0.281 e. The van der Waals surface area contributed by atoms with Crippen molar-refractivity contribution in [1.29, 1.82) is 0 Å². The van der Waals surface area contributed by atoms with Crippen LogP contribution >= 0.6 is 0 Å². The fourth-order valence-corrected chi connectivity index (χ4v) is 4.75. The van der Waals surface area contributed by atoms with Gasteiger partial charge in [0.1, 0.15) is 0 Å². The molecular weight excluding hydrogens is 274 g/mol. The molecule has 0 bridgehead atoms. The molecule has 120 valence electrons. The van der Waals surface area contributed by atoms with Crippen LogP contribution in [0.4, 0.5) is 0 Å². The third-order valence-corrected chi connectivity index (χ3v) is 6.46. The van der Waals surface area contributed by atoms with Crippen LogP contribution < -0.4 is 5.73 Å². The van der Waals surface area contributed by atoms with Gasteiger partial charge in [0.05, 0.1) is 0 Å². The van der Waals surface area contributed by atoms with E-state index in [1.807, 2.05) is 6.92 Å². The summed E-state index contributed by atoms with van der Waals surface area (Å²) in [5, 5.41) is 0. The van der Waals surface area contributed by atoms with Gasteiger partial charge in [-0.15, -0.1) is 0 Å². The van der Waals surface area contributed by atoms with Crippen LogP contribution in [0.2, 0.25) is 0 Å². The lowest BCUT2D eigenvalue weighted by Crippen LogP contribution is -2.52. The molecule has 5 nitrogen and oxygen atoms in total. The highest BCUT2D eigenvalue weighted by Gasteiger charge is 2.36. The summed E-state index contributed by atoms with van der Waals surface area (Å²) in [5.74, 6) is 0.304. The Bertz CT molecular complexity index is 373. The van der Waals surface area contributed by atoms with Gasteiger partial charge in [0, 0.05) is 26.2 Å². The second-order valence-corrected chi connectivity index (χ2v) is 7.72. The first-order valence-electron chi connectivity index (χ1n) is 7.92. The summed E-state index contributed by atoms with van der Waals surface area (Å²) < 4.78 is 28.7. The first-order chi connectivity index (χ1) is 9.48. The molecule has 0 aliphatic heterocycles. The van der Waals surface area contributed by atoms with E-state index in [1.54, 1.807) is 11.4 Å². The van der Waals surface area contributed by atoms with Crippen molar-refractivity contribution >= 4 is 10.2 Å². The van der Waals surface area contributed by atoms with Crippen LogP contribution in [0.15, 0.2) is 0 Å². The van der Waals surface area contributed by atoms with Crippen molar-refractivity contribution in [3.63, 3.8) is 0 Å². The van der Waals surface area contributed by atoms with E-state index in [0.29, 0.717) is 25.6 Å². The minimum atomic E-state index is -3.35. The van der Waals surface area contributed by atoms with E-state index in [9.17, 15) is 8.42 Å². The summed E-state index contributed by atoms with van der Waals surface area (Å²) in [7, 11) is -1.67. The lowest BCUT2D eigenvalue weighted by Gasteiger charge is -2.39. The molecule has 20 heavy (non-hydrogen) atoms. The van der Waals surface area contributed by atoms with Gasteiger partial charge in [0.2, 0.25) is 0 Å². The highest BCUT2D eigenvalue weighted by molar-refractivity contribution is 7.86. The van der Waals surface area contributed by atoms with Gasteiger partial charge in [0.25, 0.3) is 10.2 Å². The molecule has 0 saturated heterocycles. The van der Waals surface area contributed by atoms with Gasteiger partial charge in [-0.2, -0.15) is 17.0 Å².